The minimum Gasteiger partial charge on any atom is -0.389 e. The van der Waals surface area contributed by atoms with Gasteiger partial charge >= 0.3 is 0 Å². The van der Waals surface area contributed by atoms with Crippen LogP contribution in [0.1, 0.15) is 51.7 Å². The summed E-state index contributed by atoms with van der Waals surface area (Å²) < 4.78 is 0. The molecule has 2 unspecified atom stereocenters. The number of hydrogen-bond donors (Lipinski definition) is 2. The zero-order chi connectivity index (χ0) is 14.8. The first-order chi connectivity index (χ1) is 9.35. The minimum absolute atomic E-state index is 0.191. The number of nitrogens with one attached hydrogen (secondary N) is 1. The molecule has 2 heteroatoms. The van der Waals surface area contributed by atoms with E-state index in [9.17, 15) is 5.11 Å². The average Bonchev–Trinajstić information content (AvgIpc) is 2.38. The van der Waals surface area contributed by atoms with Crippen molar-refractivity contribution in [1.29, 1.82) is 0 Å². The van der Waals surface area contributed by atoms with Crippen LogP contribution in [0.3, 0.4) is 0 Å². The Balaban J connectivity index is 2.12. The molecule has 0 bridgehead atoms. The monoisotopic (exact) mass is 275 g/mol. The Bertz CT molecular complexity index is 432. The van der Waals surface area contributed by atoms with E-state index < -0.39 is 5.60 Å². The molecular formula is C18H29NO. The normalized spacial score (nSPS) is 27.6. The van der Waals surface area contributed by atoms with Crippen molar-refractivity contribution < 1.29 is 5.11 Å². The third-order valence-electron chi connectivity index (χ3n) is 4.71. The molecule has 1 aromatic carbocycles. The van der Waals surface area contributed by atoms with Gasteiger partial charge in [-0.2, -0.15) is 0 Å². The SMILES string of the molecule is CCC1CNCCC1(O)Cc1ccc(C(C)(C)C)cc1. The lowest BCUT2D eigenvalue weighted by Crippen LogP contribution is -2.51. The molecule has 0 aromatic heterocycles. The van der Waals surface area contributed by atoms with Crippen molar-refractivity contribution in [2.24, 2.45) is 5.92 Å². The molecule has 1 aromatic rings. The molecule has 2 atom stereocenters. The zero-order valence-corrected chi connectivity index (χ0v) is 13.4. The summed E-state index contributed by atoms with van der Waals surface area (Å²) in [6.07, 6.45) is 2.66. The van der Waals surface area contributed by atoms with Crippen molar-refractivity contribution in [1.82, 2.24) is 5.32 Å². The van der Waals surface area contributed by atoms with E-state index in [2.05, 4.69) is 57.3 Å². The molecule has 2 nitrogen and oxygen atoms in total. The van der Waals surface area contributed by atoms with Gasteiger partial charge in [0.2, 0.25) is 0 Å². The fraction of sp³-hybridized carbons (Fsp3) is 0.667. The number of aliphatic hydroxyl groups is 1. The molecule has 1 aliphatic heterocycles. The van der Waals surface area contributed by atoms with Crippen molar-refractivity contribution in [3.63, 3.8) is 0 Å². The minimum atomic E-state index is -0.538. The molecule has 2 rings (SSSR count). The van der Waals surface area contributed by atoms with E-state index in [0.29, 0.717) is 5.92 Å². The predicted octanol–water partition coefficient (Wildman–Crippen LogP) is 3.28. The maximum atomic E-state index is 11.0. The van der Waals surface area contributed by atoms with Crippen LogP contribution in [0.5, 0.6) is 0 Å². The quantitative estimate of drug-likeness (QED) is 0.887. The van der Waals surface area contributed by atoms with Crippen LogP contribution in [-0.2, 0) is 11.8 Å². The van der Waals surface area contributed by atoms with Crippen LogP contribution in [-0.4, -0.2) is 23.8 Å². The smallest absolute Gasteiger partial charge is 0.0740 e. The van der Waals surface area contributed by atoms with Crippen LogP contribution in [0.15, 0.2) is 24.3 Å². The van der Waals surface area contributed by atoms with Gasteiger partial charge in [-0.1, -0.05) is 52.0 Å². The summed E-state index contributed by atoms with van der Waals surface area (Å²) in [4.78, 5) is 0. The van der Waals surface area contributed by atoms with Crippen LogP contribution in [0.4, 0.5) is 0 Å². The third-order valence-corrected chi connectivity index (χ3v) is 4.71. The molecule has 0 radical (unpaired) electrons. The van der Waals surface area contributed by atoms with E-state index >= 15 is 0 Å². The van der Waals surface area contributed by atoms with Crippen molar-refractivity contribution in [3.05, 3.63) is 35.4 Å². The van der Waals surface area contributed by atoms with Crippen LogP contribution < -0.4 is 5.32 Å². The lowest BCUT2D eigenvalue weighted by atomic mass is 9.76. The molecule has 1 aliphatic rings. The van der Waals surface area contributed by atoms with Crippen molar-refractivity contribution in [3.8, 4) is 0 Å². The first-order valence-corrected chi connectivity index (χ1v) is 7.88. The Morgan fingerprint density at radius 2 is 1.90 bits per heavy atom. The molecule has 0 spiro atoms. The van der Waals surface area contributed by atoms with E-state index in [4.69, 9.17) is 0 Å². The van der Waals surface area contributed by atoms with Crippen LogP contribution in [0, 0.1) is 5.92 Å². The molecule has 0 amide bonds. The van der Waals surface area contributed by atoms with Gasteiger partial charge in [0.1, 0.15) is 0 Å². The van der Waals surface area contributed by atoms with Crippen LogP contribution in [0.25, 0.3) is 0 Å². The topological polar surface area (TPSA) is 32.3 Å². The summed E-state index contributed by atoms with van der Waals surface area (Å²) in [5.74, 6) is 0.360. The second-order valence-electron chi connectivity index (χ2n) is 7.29. The van der Waals surface area contributed by atoms with Gasteiger partial charge < -0.3 is 10.4 Å². The molecule has 0 aliphatic carbocycles. The van der Waals surface area contributed by atoms with Gasteiger partial charge in [-0.25, -0.2) is 0 Å². The van der Waals surface area contributed by atoms with Crippen LogP contribution >= 0.6 is 0 Å². The van der Waals surface area contributed by atoms with Gasteiger partial charge in [0.15, 0.2) is 0 Å². The van der Waals surface area contributed by atoms with Gasteiger partial charge in [-0.3, -0.25) is 0 Å². The van der Waals surface area contributed by atoms with Crippen LogP contribution in [0.2, 0.25) is 0 Å². The maximum Gasteiger partial charge on any atom is 0.0740 e. The molecule has 20 heavy (non-hydrogen) atoms. The highest BCUT2D eigenvalue weighted by Gasteiger charge is 2.37. The number of piperidine rings is 1. The van der Waals surface area contributed by atoms with E-state index in [1.54, 1.807) is 0 Å². The number of rotatable bonds is 3. The number of hydrogen-bond acceptors (Lipinski definition) is 2. The van der Waals surface area contributed by atoms with Crippen molar-refractivity contribution in [2.45, 2.75) is 58.0 Å². The predicted molar refractivity (Wildman–Crippen MR) is 85.1 cm³/mol. The van der Waals surface area contributed by atoms with E-state index in [0.717, 1.165) is 32.4 Å². The lowest BCUT2D eigenvalue weighted by molar-refractivity contribution is -0.0414. The summed E-state index contributed by atoms with van der Waals surface area (Å²) in [7, 11) is 0. The molecule has 112 valence electrons. The Labute approximate surface area is 123 Å². The molecule has 0 saturated carbocycles. The summed E-state index contributed by atoms with van der Waals surface area (Å²) in [5.41, 5.74) is 2.26. The summed E-state index contributed by atoms with van der Waals surface area (Å²) in [6.45, 7) is 10.7. The zero-order valence-electron chi connectivity index (χ0n) is 13.4. The summed E-state index contributed by atoms with van der Waals surface area (Å²) in [6, 6.07) is 8.79. The highest BCUT2D eigenvalue weighted by molar-refractivity contribution is 5.28. The molecular weight excluding hydrogens is 246 g/mol. The molecule has 2 N–H and O–H groups in total. The molecule has 1 fully saturated rings. The van der Waals surface area contributed by atoms with Gasteiger partial charge in [-0.05, 0) is 35.9 Å². The highest BCUT2D eigenvalue weighted by Crippen LogP contribution is 2.31. The summed E-state index contributed by atoms with van der Waals surface area (Å²) >= 11 is 0. The second-order valence-corrected chi connectivity index (χ2v) is 7.29. The maximum absolute atomic E-state index is 11.0. The fourth-order valence-electron chi connectivity index (χ4n) is 3.21. The Kier molecular flexibility index (Phi) is 4.55. The Hall–Kier alpha value is -0.860. The van der Waals surface area contributed by atoms with Gasteiger partial charge in [0.25, 0.3) is 0 Å². The van der Waals surface area contributed by atoms with Crippen molar-refractivity contribution >= 4 is 0 Å². The molecule has 1 saturated heterocycles. The first-order valence-electron chi connectivity index (χ1n) is 7.88. The largest absolute Gasteiger partial charge is 0.389 e. The second kappa shape index (κ2) is 5.87. The highest BCUT2D eigenvalue weighted by atomic mass is 16.3. The van der Waals surface area contributed by atoms with E-state index in [1.807, 2.05) is 0 Å². The average molecular weight is 275 g/mol. The lowest BCUT2D eigenvalue weighted by Gasteiger charge is -2.40. The Morgan fingerprint density at radius 3 is 2.45 bits per heavy atom. The van der Waals surface area contributed by atoms with Gasteiger partial charge in [0, 0.05) is 18.9 Å². The number of benzene rings is 1. The standard InChI is InChI=1S/C18H29NO/c1-5-15-13-19-11-10-18(15,20)12-14-6-8-16(9-7-14)17(2,3)4/h6-9,15,19-20H,5,10-13H2,1-4H3. The van der Waals surface area contributed by atoms with E-state index in [-0.39, 0.29) is 5.41 Å². The van der Waals surface area contributed by atoms with Gasteiger partial charge in [-0.15, -0.1) is 0 Å². The first kappa shape index (κ1) is 15.5. The summed E-state index contributed by atoms with van der Waals surface area (Å²) in [5, 5.41) is 14.4. The molecule has 1 heterocycles. The third kappa shape index (κ3) is 3.42. The van der Waals surface area contributed by atoms with Crippen molar-refractivity contribution in [2.75, 3.05) is 13.1 Å². The Morgan fingerprint density at radius 1 is 1.25 bits per heavy atom. The van der Waals surface area contributed by atoms with E-state index in [1.165, 1.54) is 11.1 Å². The fourth-order valence-corrected chi connectivity index (χ4v) is 3.21. The van der Waals surface area contributed by atoms with Gasteiger partial charge in [0.05, 0.1) is 5.60 Å².